The molecule has 6 nitrogen and oxygen atoms in total. The van der Waals surface area contributed by atoms with Crippen LogP contribution in [0.4, 0.5) is 10.5 Å². The van der Waals surface area contributed by atoms with Crippen LogP contribution in [0.5, 0.6) is 5.88 Å². The highest BCUT2D eigenvalue weighted by Crippen LogP contribution is 2.20. The van der Waals surface area contributed by atoms with E-state index in [2.05, 4.69) is 15.2 Å². The van der Waals surface area contributed by atoms with Crippen molar-refractivity contribution in [1.29, 1.82) is 0 Å². The maximum atomic E-state index is 12.4. The summed E-state index contributed by atoms with van der Waals surface area (Å²) in [6.45, 7) is 5.88. The van der Waals surface area contributed by atoms with Crippen LogP contribution in [0, 0.1) is 0 Å². The molecule has 1 fully saturated rings. The predicted octanol–water partition coefficient (Wildman–Crippen LogP) is 3.17. The van der Waals surface area contributed by atoms with Gasteiger partial charge in [-0.3, -0.25) is 0 Å². The van der Waals surface area contributed by atoms with Gasteiger partial charge in [-0.1, -0.05) is 17.7 Å². The van der Waals surface area contributed by atoms with Gasteiger partial charge >= 0.3 is 6.03 Å². The molecule has 7 heteroatoms. The number of rotatable bonds is 5. The zero-order chi connectivity index (χ0) is 18.4. The Morgan fingerprint density at radius 1 is 1.23 bits per heavy atom. The minimum absolute atomic E-state index is 0.0504. The second-order valence-electron chi connectivity index (χ2n) is 6.05. The van der Waals surface area contributed by atoms with Crippen LogP contribution in [0.25, 0.3) is 0 Å². The van der Waals surface area contributed by atoms with Gasteiger partial charge in [0.1, 0.15) is 0 Å². The molecule has 0 saturated carbocycles. The van der Waals surface area contributed by atoms with Crippen molar-refractivity contribution >= 4 is 23.3 Å². The zero-order valence-corrected chi connectivity index (χ0v) is 15.6. The van der Waals surface area contributed by atoms with Gasteiger partial charge in [0.15, 0.2) is 0 Å². The van der Waals surface area contributed by atoms with Gasteiger partial charge in [0.05, 0.1) is 6.61 Å². The molecule has 1 aliphatic rings. The third-order valence-electron chi connectivity index (χ3n) is 4.28. The summed E-state index contributed by atoms with van der Waals surface area (Å²) in [5.74, 6) is 0.578. The van der Waals surface area contributed by atoms with E-state index in [0.29, 0.717) is 32.1 Å². The number of benzene rings is 1. The lowest BCUT2D eigenvalue weighted by molar-refractivity contribution is 0.194. The Hall–Kier alpha value is -2.47. The highest BCUT2D eigenvalue weighted by molar-refractivity contribution is 6.30. The quantitative estimate of drug-likeness (QED) is 0.873. The summed E-state index contributed by atoms with van der Waals surface area (Å²) in [7, 11) is 0. The Bertz CT molecular complexity index is 748. The predicted molar refractivity (Wildman–Crippen MR) is 103 cm³/mol. The number of urea groups is 1. The van der Waals surface area contributed by atoms with Crippen LogP contribution >= 0.6 is 11.6 Å². The third kappa shape index (κ3) is 4.79. The molecule has 1 aromatic carbocycles. The Morgan fingerprint density at radius 2 is 2.04 bits per heavy atom. The van der Waals surface area contributed by atoms with Crippen molar-refractivity contribution in [2.75, 3.05) is 37.7 Å². The van der Waals surface area contributed by atoms with E-state index in [-0.39, 0.29) is 6.03 Å². The van der Waals surface area contributed by atoms with Crippen LogP contribution in [0.1, 0.15) is 12.5 Å². The van der Waals surface area contributed by atoms with E-state index in [1.165, 1.54) is 0 Å². The lowest BCUT2D eigenvalue weighted by Gasteiger charge is -2.36. The molecule has 1 N–H and O–H groups in total. The highest BCUT2D eigenvalue weighted by Gasteiger charge is 2.21. The van der Waals surface area contributed by atoms with Crippen molar-refractivity contribution in [2.24, 2.45) is 0 Å². The molecule has 2 heterocycles. The van der Waals surface area contributed by atoms with Crippen LogP contribution in [-0.2, 0) is 6.54 Å². The minimum Gasteiger partial charge on any atom is -0.478 e. The SMILES string of the molecule is CCOc1cc(CNC(=O)N2CCN(c3cccc(Cl)c3)CC2)ccn1. The van der Waals surface area contributed by atoms with Crippen molar-refractivity contribution in [3.05, 3.63) is 53.2 Å². The number of hydrogen-bond donors (Lipinski definition) is 1. The second-order valence-corrected chi connectivity index (χ2v) is 6.48. The normalized spacial score (nSPS) is 14.2. The van der Waals surface area contributed by atoms with E-state index < -0.39 is 0 Å². The summed E-state index contributed by atoms with van der Waals surface area (Å²) in [5.41, 5.74) is 2.06. The number of ether oxygens (including phenoxy) is 1. The summed E-state index contributed by atoms with van der Waals surface area (Å²) in [6, 6.07) is 11.5. The molecule has 0 atom stereocenters. The Balaban J connectivity index is 1.48. The summed E-state index contributed by atoms with van der Waals surface area (Å²) in [4.78, 5) is 20.6. The molecule has 1 aromatic heterocycles. The lowest BCUT2D eigenvalue weighted by Crippen LogP contribution is -2.51. The summed E-state index contributed by atoms with van der Waals surface area (Å²) < 4.78 is 5.38. The van der Waals surface area contributed by atoms with E-state index in [1.54, 1.807) is 6.20 Å². The first kappa shape index (κ1) is 18.3. The Labute approximate surface area is 158 Å². The second kappa shape index (κ2) is 8.76. The maximum Gasteiger partial charge on any atom is 0.317 e. The summed E-state index contributed by atoms with van der Waals surface area (Å²) in [5, 5.41) is 3.69. The Morgan fingerprint density at radius 3 is 2.77 bits per heavy atom. The molecule has 0 unspecified atom stereocenters. The van der Waals surface area contributed by atoms with Gasteiger partial charge < -0.3 is 19.9 Å². The molecule has 0 bridgehead atoms. The summed E-state index contributed by atoms with van der Waals surface area (Å²) in [6.07, 6.45) is 1.69. The first-order valence-corrected chi connectivity index (χ1v) is 9.14. The molecule has 138 valence electrons. The van der Waals surface area contributed by atoms with Crippen LogP contribution in [0.15, 0.2) is 42.6 Å². The van der Waals surface area contributed by atoms with Crippen LogP contribution in [0.3, 0.4) is 0 Å². The van der Waals surface area contributed by atoms with E-state index >= 15 is 0 Å². The fraction of sp³-hybridized carbons (Fsp3) is 0.368. The van der Waals surface area contributed by atoms with Crippen LogP contribution in [-0.4, -0.2) is 48.7 Å². The standard InChI is InChI=1S/C19H23ClN4O2/c1-2-26-18-12-15(6-7-21-18)14-22-19(25)24-10-8-23(9-11-24)17-5-3-4-16(20)13-17/h3-7,12-13H,2,8-11,14H2,1H3,(H,22,25). The van der Waals surface area contributed by atoms with Crippen molar-refractivity contribution in [3.8, 4) is 5.88 Å². The van der Waals surface area contributed by atoms with Gasteiger partial charge in [-0.05, 0) is 36.8 Å². The van der Waals surface area contributed by atoms with Gasteiger partial charge in [-0.2, -0.15) is 0 Å². The van der Waals surface area contributed by atoms with Gasteiger partial charge in [0.25, 0.3) is 0 Å². The number of aromatic nitrogens is 1. The number of carbonyl (C=O) groups is 1. The van der Waals surface area contributed by atoms with Gasteiger partial charge in [0, 0.05) is 55.7 Å². The molecule has 3 rings (SSSR count). The molecule has 1 aliphatic heterocycles. The average Bonchev–Trinajstić information content (AvgIpc) is 2.67. The first-order chi connectivity index (χ1) is 12.7. The number of anilines is 1. The van der Waals surface area contributed by atoms with Crippen molar-refractivity contribution < 1.29 is 9.53 Å². The number of piperazine rings is 1. The number of amides is 2. The van der Waals surface area contributed by atoms with Gasteiger partial charge in [0.2, 0.25) is 5.88 Å². The number of carbonyl (C=O) groups excluding carboxylic acids is 1. The van der Waals surface area contributed by atoms with Crippen molar-refractivity contribution in [3.63, 3.8) is 0 Å². The number of pyridine rings is 1. The minimum atomic E-state index is -0.0504. The molecule has 1 saturated heterocycles. The number of nitrogens with zero attached hydrogens (tertiary/aromatic N) is 3. The first-order valence-electron chi connectivity index (χ1n) is 8.76. The molecule has 0 spiro atoms. The number of halogens is 1. The fourth-order valence-electron chi connectivity index (χ4n) is 2.92. The molecular weight excluding hydrogens is 352 g/mol. The summed E-state index contributed by atoms with van der Waals surface area (Å²) >= 11 is 6.06. The topological polar surface area (TPSA) is 57.7 Å². The Kier molecular flexibility index (Phi) is 6.17. The lowest BCUT2D eigenvalue weighted by atomic mass is 10.2. The van der Waals surface area contributed by atoms with E-state index in [9.17, 15) is 4.79 Å². The van der Waals surface area contributed by atoms with Crippen LogP contribution in [0.2, 0.25) is 5.02 Å². The van der Waals surface area contributed by atoms with E-state index in [0.717, 1.165) is 29.4 Å². The van der Waals surface area contributed by atoms with Crippen LogP contribution < -0.4 is 15.0 Å². The van der Waals surface area contributed by atoms with E-state index in [1.807, 2.05) is 48.2 Å². The number of hydrogen-bond acceptors (Lipinski definition) is 4. The molecule has 0 aliphatic carbocycles. The molecule has 0 radical (unpaired) electrons. The number of nitrogens with one attached hydrogen (secondary N) is 1. The molecular formula is C19H23ClN4O2. The fourth-order valence-corrected chi connectivity index (χ4v) is 3.10. The highest BCUT2D eigenvalue weighted by atomic mass is 35.5. The van der Waals surface area contributed by atoms with Crippen molar-refractivity contribution in [2.45, 2.75) is 13.5 Å². The zero-order valence-electron chi connectivity index (χ0n) is 14.8. The molecule has 2 amide bonds. The smallest absolute Gasteiger partial charge is 0.317 e. The van der Waals surface area contributed by atoms with Gasteiger partial charge in [-0.15, -0.1) is 0 Å². The molecule has 2 aromatic rings. The average molecular weight is 375 g/mol. The monoisotopic (exact) mass is 374 g/mol. The van der Waals surface area contributed by atoms with E-state index in [4.69, 9.17) is 16.3 Å². The largest absolute Gasteiger partial charge is 0.478 e. The van der Waals surface area contributed by atoms with Crippen molar-refractivity contribution in [1.82, 2.24) is 15.2 Å². The van der Waals surface area contributed by atoms with Gasteiger partial charge in [-0.25, -0.2) is 9.78 Å². The maximum absolute atomic E-state index is 12.4. The third-order valence-corrected chi connectivity index (χ3v) is 4.51. The molecule has 26 heavy (non-hydrogen) atoms.